The van der Waals surface area contributed by atoms with E-state index in [4.69, 9.17) is 0 Å². The van der Waals surface area contributed by atoms with Gasteiger partial charge in [0.05, 0.1) is 9.60 Å². The van der Waals surface area contributed by atoms with E-state index in [0.29, 0.717) is 24.3 Å². The van der Waals surface area contributed by atoms with Crippen LogP contribution in [-0.2, 0) is 10.0 Å². The number of anilines is 1. The highest BCUT2D eigenvalue weighted by Crippen LogP contribution is 2.32. The van der Waals surface area contributed by atoms with Crippen molar-refractivity contribution < 1.29 is 22.0 Å². The van der Waals surface area contributed by atoms with Crippen molar-refractivity contribution >= 4 is 55.0 Å². The van der Waals surface area contributed by atoms with Crippen LogP contribution in [0.2, 0.25) is 0 Å². The smallest absolute Gasteiger partial charge is 0.260 e. The zero-order valence-electron chi connectivity index (χ0n) is 23.5. The lowest BCUT2D eigenvalue weighted by Crippen LogP contribution is -2.39. The second-order valence-corrected chi connectivity index (χ2v) is 12.3. The quantitative estimate of drug-likeness (QED) is 0.193. The van der Waals surface area contributed by atoms with E-state index in [1.54, 1.807) is 0 Å². The van der Waals surface area contributed by atoms with E-state index >= 15 is 0 Å². The molecule has 0 bridgehead atoms. The van der Waals surface area contributed by atoms with Crippen LogP contribution in [0.1, 0.15) is 63.7 Å². The first-order chi connectivity index (χ1) is 18.7. The molecule has 40 heavy (non-hydrogen) atoms. The SMILES string of the molecule is CCCCN(CCCC)S(=O)(=O)c1ccc(C(=O)N(CCN(CC)CC)c2nc3c(F)cc(F)cc3s2)cc1.Cl. The highest BCUT2D eigenvalue weighted by Gasteiger charge is 2.26. The number of benzene rings is 2. The van der Waals surface area contributed by atoms with Crippen molar-refractivity contribution in [2.75, 3.05) is 44.2 Å². The van der Waals surface area contributed by atoms with Crippen LogP contribution in [0.4, 0.5) is 13.9 Å². The summed E-state index contributed by atoms with van der Waals surface area (Å²) in [5.74, 6) is -1.88. The molecule has 0 radical (unpaired) electrons. The number of thiazole rings is 1. The molecule has 0 N–H and O–H groups in total. The van der Waals surface area contributed by atoms with Crippen molar-refractivity contribution in [3.8, 4) is 0 Å². The molecule has 1 heterocycles. The Bertz CT molecular complexity index is 1340. The summed E-state index contributed by atoms with van der Waals surface area (Å²) in [5.41, 5.74) is 0.297. The molecule has 0 saturated carbocycles. The molecule has 0 aliphatic carbocycles. The number of sulfonamides is 1. The summed E-state index contributed by atoms with van der Waals surface area (Å²) in [7, 11) is -3.70. The number of rotatable bonds is 15. The number of hydrogen-bond donors (Lipinski definition) is 0. The van der Waals surface area contributed by atoms with Gasteiger partial charge in [-0.25, -0.2) is 22.2 Å². The molecule has 0 saturated heterocycles. The lowest BCUT2D eigenvalue weighted by molar-refractivity contribution is 0.0983. The van der Waals surface area contributed by atoms with E-state index in [9.17, 15) is 22.0 Å². The first kappa shape index (κ1) is 34.0. The van der Waals surface area contributed by atoms with E-state index in [-0.39, 0.29) is 46.0 Å². The molecule has 2 aromatic carbocycles. The molecule has 0 aliphatic heterocycles. The fourth-order valence-electron chi connectivity index (χ4n) is 4.22. The van der Waals surface area contributed by atoms with E-state index < -0.39 is 21.7 Å². The van der Waals surface area contributed by atoms with Crippen molar-refractivity contribution in [3.63, 3.8) is 0 Å². The van der Waals surface area contributed by atoms with Crippen LogP contribution < -0.4 is 4.90 Å². The van der Waals surface area contributed by atoms with E-state index in [2.05, 4.69) is 9.88 Å². The van der Waals surface area contributed by atoms with Gasteiger partial charge in [-0.1, -0.05) is 51.9 Å². The minimum absolute atomic E-state index is 0. The first-order valence-corrected chi connectivity index (χ1v) is 15.8. The highest BCUT2D eigenvalue weighted by molar-refractivity contribution is 7.89. The number of likely N-dealkylation sites (N-methyl/N-ethyl adjacent to an activating group) is 1. The van der Waals surface area contributed by atoms with Gasteiger partial charge in [0.1, 0.15) is 11.3 Å². The number of amides is 1. The molecule has 3 aromatic rings. The van der Waals surface area contributed by atoms with Crippen LogP contribution >= 0.6 is 23.7 Å². The van der Waals surface area contributed by atoms with E-state index in [0.717, 1.165) is 56.2 Å². The van der Waals surface area contributed by atoms with Crippen LogP contribution in [0.25, 0.3) is 10.2 Å². The maximum Gasteiger partial charge on any atom is 0.260 e. The zero-order valence-corrected chi connectivity index (χ0v) is 26.0. The van der Waals surface area contributed by atoms with Crippen molar-refractivity contribution in [1.29, 1.82) is 0 Å². The fourth-order valence-corrected chi connectivity index (χ4v) is 6.77. The van der Waals surface area contributed by atoms with Crippen molar-refractivity contribution in [2.45, 2.75) is 58.3 Å². The number of halogens is 3. The monoisotopic (exact) mass is 616 g/mol. The topological polar surface area (TPSA) is 73.8 Å². The van der Waals surface area contributed by atoms with Gasteiger partial charge in [0.15, 0.2) is 10.9 Å². The van der Waals surface area contributed by atoms with Gasteiger partial charge in [0, 0.05) is 37.8 Å². The van der Waals surface area contributed by atoms with E-state index in [1.165, 1.54) is 39.5 Å². The van der Waals surface area contributed by atoms with Crippen molar-refractivity contribution in [3.05, 3.63) is 53.6 Å². The molecule has 3 rings (SSSR count). The summed E-state index contributed by atoms with van der Waals surface area (Å²) in [6.07, 6.45) is 3.32. The van der Waals surface area contributed by atoms with E-state index in [1.807, 2.05) is 27.7 Å². The third-order valence-electron chi connectivity index (χ3n) is 6.67. The zero-order chi connectivity index (χ0) is 28.6. The van der Waals surface area contributed by atoms with Gasteiger partial charge in [-0.2, -0.15) is 4.31 Å². The van der Waals surface area contributed by atoms with Gasteiger partial charge in [0.25, 0.3) is 5.91 Å². The summed E-state index contributed by atoms with van der Waals surface area (Å²) in [4.78, 5) is 21.8. The third-order valence-corrected chi connectivity index (χ3v) is 9.61. The Balaban J connectivity index is 0.00000560. The molecule has 7 nitrogen and oxygen atoms in total. The van der Waals surface area contributed by atoms with Crippen LogP contribution in [0.5, 0.6) is 0 Å². The Hall–Kier alpha value is -2.18. The molecule has 1 aromatic heterocycles. The second-order valence-electron chi connectivity index (χ2n) is 9.35. The molecule has 1 amide bonds. The number of carbonyl (C=O) groups excluding carboxylic acids is 1. The van der Waals surface area contributed by atoms with Gasteiger partial charge in [-0.05, 0) is 56.3 Å². The average Bonchev–Trinajstić information content (AvgIpc) is 3.35. The van der Waals surface area contributed by atoms with Crippen LogP contribution in [0, 0.1) is 11.6 Å². The van der Waals surface area contributed by atoms with Crippen LogP contribution in [0.3, 0.4) is 0 Å². The Morgan fingerprint density at radius 3 is 2.05 bits per heavy atom. The second kappa shape index (κ2) is 15.7. The van der Waals surface area contributed by atoms with Gasteiger partial charge >= 0.3 is 0 Å². The fraction of sp³-hybridized carbons (Fsp3) is 0.500. The minimum Gasteiger partial charge on any atom is -0.302 e. The summed E-state index contributed by atoms with van der Waals surface area (Å²) in [5, 5.41) is 0.258. The normalized spacial score (nSPS) is 11.8. The number of nitrogens with zero attached hydrogens (tertiary/aromatic N) is 4. The first-order valence-electron chi connectivity index (χ1n) is 13.6. The molecule has 0 unspecified atom stereocenters. The molecular formula is C28H39ClF2N4O3S2. The summed E-state index contributed by atoms with van der Waals surface area (Å²) in [6, 6.07) is 7.91. The number of carbonyl (C=O) groups is 1. The Morgan fingerprint density at radius 1 is 0.900 bits per heavy atom. The standard InChI is InChI=1S/C28H38F2N4O3S2.ClH/c1-5-9-15-33(16-10-6-2)39(36,37)23-13-11-21(12-14-23)27(35)34(18-17-32(7-3)8-4)28-31-26-24(30)19-22(29)20-25(26)38-28;/h11-14,19-20H,5-10,15-18H2,1-4H3;1H. The molecule has 222 valence electrons. The number of aromatic nitrogens is 1. The molecule has 0 spiro atoms. The van der Waals surface area contributed by atoms with Gasteiger partial charge in [-0.15, -0.1) is 12.4 Å². The minimum atomic E-state index is -3.70. The lowest BCUT2D eigenvalue weighted by Gasteiger charge is -2.25. The highest BCUT2D eigenvalue weighted by atomic mass is 35.5. The maximum atomic E-state index is 14.4. The number of unbranched alkanes of at least 4 members (excludes halogenated alkanes) is 2. The molecule has 0 fully saturated rings. The number of hydrogen-bond acceptors (Lipinski definition) is 6. The van der Waals surface area contributed by atoms with Crippen LogP contribution in [0.15, 0.2) is 41.3 Å². The Kier molecular flexibility index (Phi) is 13.4. The Labute approximate surface area is 246 Å². The predicted molar refractivity (Wildman–Crippen MR) is 161 cm³/mol. The van der Waals surface area contributed by atoms with Crippen molar-refractivity contribution in [2.24, 2.45) is 0 Å². The third kappa shape index (κ3) is 8.19. The molecule has 0 aliphatic rings. The van der Waals surface area contributed by atoms with Gasteiger partial charge < -0.3 is 4.90 Å². The molecule has 0 atom stereocenters. The predicted octanol–water partition coefficient (Wildman–Crippen LogP) is 6.58. The maximum absolute atomic E-state index is 14.4. The van der Waals surface area contributed by atoms with Crippen molar-refractivity contribution in [1.82, 2.24) is 14.2 Å². The van der Waals surface area contributed by atoms with Crippen LogP contribution in [-0.4, -0.2) is 67.8 Å². The summed E-state index contributed by atoms with van der Waals surface area (Å²) in [6.45, 7) is 11.4. The van der Waals surface area contributed by atoms with Gasteiger partial charge in [-0.3, -0.25) is 9.69 Å². The Morgan fingerprint density at radius 2 is 1.50 bits per heavy atom. The molecular weight excluding hydrogens is 578 g/mol. The summed E-state index contributed by atoms with van der Waals surface area (Å²) < 4.78 is 56.7. The number of fused-ring (bicyclic) bond motifs is 1. The molecule has 12 heteroatoms. The van der Waals surface area contributed by atoms with Gasteiger partial charge in [0.2, 0.25) is 10.0 Å². The lowest BCUT2D eigenvalue weighted by atomic mass is 10.2. The largest absolute Gasteiger partial charge is 0.302 e. The summed E-state index contributed by atoms with van der Waals surface area (Å²) >= 11 is 1.04. The average molecular weight is 617 g/mol.